The van der Waals surface area contributed by atoms with Gasteiger partial charge in [0.25, 0.3) is 0 Å². The number of nitrogens with two attached hydrogens (primary N) is 1. The molecule has 0 aliphatic carbocycles. The first-order chi connectivity index (χ1) is 11.8. The Hall–Kier alpha value is -1.49. The molecule has 3 rings (SSSR count). The summed E-state index contributed by atoms with van der Waals surface area (Å²) in [6.45, 7) is 6.02. The first-order valence-electron chi connectivity index (χ1n) is 8.43. The number of rotatable bonds is 4. The lowest BCUT2D eigenvalue weighted by Gasteiger charge is -2.35. The Kier molecular flexibility index (Phi) is 5.42. The second kappa shape index (κ2) is 7.40. The summed E-state index contributed by atoms with van der Waals surface area (Å²) >= 11 is 12.7. The van der Waals surface area contributed by atoms with E-state index in [4.69, 9.17) is 33.7 Å². The summed E-state index contributed by atoms with van der Waals surface area (Å²) in [5.41, 5.74) is 8.39. The van der Waals surface area contributed by atoms with Crippen LogP contribution in [0.1, 0.15) is 26.7 Å². The zero-order chi connectivity index (χ0) is 18.0. The zero-order valence-corrected chi connectivity index (χ0v) is 16.0. The van der Waals surface area contributed by atoms with Crippen molar-refractivity contribution >= 4 is 34.7 Å². The fourth-order valence-electron chi connectivity index (χ4n) is 3.30. The number of hydrogen-bond donors (Lipinski definition) is 2. The van der Waals surface area contributed by atoms with Crippen LogP contribution < -0.4 is 11.1 Å². The lowest BCUT2D eigenvalue weighted by atomic mass is 9.88. The molecule has 1 saturated heterocycles. The van der Waals surface area contributed by atoms with Crippen LogP contribution in [0, 0.1) is 5.92 Å². The van der Waals surface area contributed by atoms with E-state index < -0.39 is 0 Å². The second-order valence-electron chi connectivity index (χ2n) is 7.13. The molecule has 0 saturated carbocycles. The lowest BCUT2D eigenvalue weighted by molar-refractivity contribution is -0.0699. The normalized spacial score (nSPS) is 19.6. The number of aromatic nitrogens is 1. The lowest BCUT2D eigenvalue weighted by Crippen LogP contribution is -2.36. The number of nitrogens with one attached hydrogen (secondary N) is 1. The maximum Gasteiger partial charge on any atom is 0.124 e. The Morgan fingerprint density at radius 2 is 2.00 bits per heavy atom. The molecule has 1 aliphatic heterocycles. The molecule has 0 amide bonds. The summed E-state index contributed by atoms with van der Waals surface area (Å²) in [4.78, 5) is 4.00. The van der Waals surface area contributed by atoms with Crippen molar-refractivity contribution in [2.75, 3.05) is 24.2 Å². The monoisotopic (exact) mass is 379 g/mol. The van der Waals surface area contributed by atoms with Crippen LogP contribution in [0.4, 0.5) is 11.5 Å². The number of pyridine rings is 1. The molecule has 6 heteroatoms. The molecule has 1 atom stereocenters. The van der Waals surface area contributed by atoms with Crippen LogP contribution in [-0.2, 0) is 4.74 Å². The van der Waals surface area contributed by atoms with Crippen LogP contribution in [0.5, 0.6) is 0 Å². The molecule has 134 valence electrons. The minimum atomic E-state index is -0.0438. The second-order valence-corrected chi connectivity index (χ2v) is 7.95. The van der Waals surface area contributed by atoms with Gasteiger partial charge in [0.1, 0.15) is 5.82 Å². The number of anilines is 2. The van der Waals surface area contributed by atoms with Crippen molar-refractivity contribution in [3.8, 4) is 11.1 Å². The standard InChI is InChI=1S/C19H23Cl2N3O/c1-19(2)9-12(5-6-25-19)10-23-13-3-4-16(20)14(7-13)15-8-18(22)24-11-17(15)21/h3-4,7-8,11-12,23H,5-6,9-10H2,1-2H3,(H2,22,24)/t12-/m0/s1. The Morgan fingerprint density at radius 1 is 1.24 bits per heavy atom. The first-order valence-corrected chi connectivity index (χ1v) is 9.18. The predicted molar refractivity (Wildman–Crippen MR) is 105 cm³/mol. The van der Waals surface area contributed by atoms with E-state index in [1.807, 2.05) is 18.2 Å². The van der Waals surface area contributed by atoms with Crippen LogP contribution in [0.15, 0.2) is 30.5 Å². The van der Waals surface area contributed by atoms with Crippen molar-refractivity contribution in [1.29, 1.82) is 0 Å². The largest absolute Gasteiger partial charge is 0.385 e. The fraction of sp³-hybridized carbons (Fsp3) is 0.421. The molecule has 1 aliphatic rings. The van der Waals surface area contributed by atoms with E-state index in [0.29, 0.717) is 21.8 Å². The van der Waals surface area contributed by atoms with Gasteiger partial charge in [-0.3, -0.25) is 0 Å². The van der Waals surface area contributed by atoms with E-state index in [0.717, 1.165) is 42.8 Å². The van der Waals surface area contributed by atoms with Crippen molar-refractivity contribution in [3.05, 3.63) is 40.5 Å². The fourth-order valence-corrected chi connectivity index (χ4v) is 3.72. The quantitative estimate of drug-likeness (QED) is 0.760. The van der Waals surface area contributed by atoms with Crippen molar-refractivity contribution in [2.45, 2.75) is 32.3 Å². The van der Waals surface area contributed by atoms with Gasteiger partial charge >= 0.3 is 0 Å². The molecular formula is C19H23Cl2N3O. The first kappa shape index (κ1) is 18.3. The van der Waals surface area contributed by atoms with Gasteiger partial charge in [-0.1, -0.05) is 23.2 Å². The third-order valence-electron chi connectivity index (χ3n) is 4.53. The van der Waals surface area contributed by atoms with Crippen molar-refractivity contribution in [2.24, 2.45) is 5.92 Å². The SMILES string of the molecule is CC1(C)C[C@@H](CNc2ccc(Cl)c(-c3cc(N)ncc3Cl)c2)CCO1. The van der Waals surface area contributed by atoms with Gasteiger partial charge < -0.3 is 15.8 Å². The van der Waals surface area contributed by atoms with Gasteiger partial charge in [-0.05, 0) is 56.9 Å². The van der Waals surface area contributed by atoms with Crippen molar-refractivity contribution in [1.82, 2.24) is 4.98 Å². The Bertz CT molecular complexity index is 764. The van der Waals surface area contributed by atoms with Crippen LogP contribution in [-0.4, -0.2) is 23.7 Å². The molecule has 0 unspecified atom stereocenters. The molecule has 0 radical (unpaired) electrons. The number of ether oxygens (including phenoxy) is 1. The van der Waals surface area contributed by atoms with Crippen molar-refractivity contribution < 1.29 is 4.74 Å². The highest BCUT2D eigenvalue weighted by Gasteiger charge is 2.28. The molecule has 1 aromatic heterocycles. The van der Waals surface area contributed by atoms with Crippen LogP contribution in [0.25, 0.3) is 11.1 Å². The number of halogens is 2. The molecule has 1 fully saturated rings. The molecule has 0 spiro atoms. The van der Waals surface area contributed by atoms with E-state index in [1.54, 1.807) is 12.3 Å². The summed E-state index contributed by atoms with van der Waals surface area (Å²) in [5, 5.41) is 4.68. The molecule has 2 heterocycles. The summed E-state index contributed by atoms with van der Waals surface area (Å²) in [6.07, 6.45) is 3.67. The highest BCUT2D eigenvalue weighted by atomic mass is 35.5. The molecule has 4 nitrogen and oxygen atoms in total. The average Bonchev–Trinajstić information content (AvgIpc) is 2.56. The average molecular weight is 380 g/mol. The van der Waals surface area contributed by atoms with Gasteiger partial charge in [-0.2, -0.15) is 0 Å². The number of benzene rings is 1. The van der Waals surface area contributed by atoms with Gasteiger partial charge in [0.2, 0.25) is 0 Å². The number of nitrogens with zero attached hydrogens (tertiary/aromatic N) is 1. The number of hydrogen-bond acceptors (Lipinski definition) is 4. The van der Waals surface area contributed by atoms with Gasteiger partial charge in [0.15, 0.2) is 0 Å². The smallest absolute Gasteiger partial charge is 0.124 e. The van der Waals surface area contributed by atoms with E-state index in [9.17, 15) is 0 Å². The van der Waals surface area contributed by atoms with E-state index in [2.05, 4.69) is 24.1 Å². The molecular weight excluding hydrogens is 357 g/mol. The Balaban J connectivity index is 1.77. The highest BCUT2D eigenvalue weighted by Crippen LogP contribution is 2.36. The summed E-state index contributed by atoms with van der Waals surface area (Å²) in [5.74, 6) is 1.00. The van der Waals surface area contributed by atoms with E-state index in [1.165, 1.54) is 0 Å². The van der Waals surface area contributed by atoms with Crippen LogP contribution in [0.2, 0.25) is 10.0 Å². The zero-order valence-electron chi connectivity index (χ0n) is 14.5. The van der Waals surface area contributed by atoms with Gasteiger partial charge in [-0.15, -0.1) is 0 Å². The molecule has 25 heavy (non-hydrogen) atoms. The summed E-state index contributed by atoms with van der Waals surface area (Å²) in [7, 11) is 0. The highest BCUT2D eigenvalue weighted by molar-refractivity contribution is 6.36. The topological polar surface area (TPSA) is 60.2 Å². The molecule has 0 bridgehead atoms. The minimum Gasteiger partial charge on any atom is -0.385 e. The number of nitrogen functional groups attached to an aromatic ring is 1. The Labute approximate surface area is 158 Å². The molecule has 3 N–H and O–H groups in total. The van der Waals surface area contributed by atoms with Crippen LogP contribution >= 0.6 is 23.2 Å². The summed E-state index contributed by atoms with van der Waals surface area (Å²) in [6, 6.07) is 7.61. The molecule has 2 aromatic rings. The summed E-state index contributed by atoms with van der Waals surface area (Å²) < 4.78 is 5.79. The van der Waals surface area contributed by atoms with Gasteiger partial charge in [0.05, 0.1) is 10.6 Å². The maximum absolute atomic E-state index is 6.38. The third-order valence-corrected chi connectivity index (χ3v) is 5.16. The van der Waals surface area contributed by atoms with Gasteiger partial charge in [0, 0.05) is 41.2 Å². The Morgan fingerprint density at radius 3 is 2.76 bits per heavy atom. The third kappa shape index (κ3) is 4.57. The minimum absolute atomic E-state index is 0.0438. The maximum atomic E-state index is 6.38. The van der Waals surface area contributed by atoms with E-state index >= 15 is 0 Å². The van der Waals surface area contributed by atoms with Crippen molar-refractivity contribution in [3.63, 3.8) is 0 Å². The predicted octanol–water partition coefficient (Wildman–Crippen LogP) is 5.25. The van der Waals surface area contributed by atoms with Gasteiger partial charge in [-0.25, -0.2) is 4.98 Å². The molecule has 1 aromatic carbocycles. The van der Waals surface area contributed by atoms with Crippen LogP contribution in [0.3, 0.4) is 0 Å². The van der Waals surface area contributed by atoms with E-state index in [-0.39, 0.29) is 5.60 Å².